The number of thiazole rings is 1. The highest BCUT2D eigenvalue weighted by Crippen LogP contribution is 2.17. The molecule has 2 rings (SSSR count). The molecule has 102 valence electrons. The van der Waals surface area contributed by atoms with Crippen molar-refractivity contribution in [2.45, 2.75) is 39.3 Å². The maximum absolute atomic E-state index is 6.17. The summed E-state index contributed by atoms with van der Waals surface area (Å²) in [5.41, 5.74) is 1.20. The Morgan fingerprint density at radius 2 is 2.16 bits per heavy atom. The highest BCUT2D eigenvalue weighted by Gasteiger charge is 2.07. The van der Waals surface area contributed by atoms with Gasteiger partial charge in [-0.1, -0.05) is 36.7 Å². The van der Waals surface area contributed by atoms with E-state index in [-0.39, 0.29) is 0 Å². The normalized spacial score (nSPS) is 12.6. The molecular weight excluding hydrogens is 276 g/mol. The summed E-state index contributed by atoms with van der Waals surface area (Å²) >= 11 is 7.96. The van der Waals surface area contributed by atoms with E-state index < -0.39 is 0 Å². The summed E-state index contributed by atoms with van der Waals surface area (Å²) in [6, 6.07) is 8.42. The van der Waals surface area contributed by atoms with E-state index in [9.17, 15) is 0 Å². The molecule has 0 spiro atoms. The minimum absolute atomic E-state index is 0.395. The molecule has 0 aliphatic carbocycles. The zero-order chi connectivity index (χ0) is 13.7. The fourth-order valence-corrected chi connectivity index (χ4v) is 2.96. The number of hydrogen-bond donors (Lipinski definition) is 1. The van der Waals surface area contributed by atoms with Gasteiger partial charge in [-0.25, -0.2) is 4.98 Å². The molecule has 1 atom stereocenters. The number of nitrogens with zero attached hydrogens (tertiary/aromatic N) is 1. The van der Waals surface area contributed by atoms with Crippen molar-refractivity contribution < 1.29 is 0 Å². The Kier molecular flexibility index (Phi) is 5.37. The van der Waals surface area contributed by atoms with Gasteiger partial charge in [0.2, 0.25) is 0 Å². The molecule has 4 heteroatoms. The van der Waals surface area contributed by atoms with Crippen molar-refractivity contribution in [3.05, 3.63) is 50.9 Å². The standard InChI is InChI=1S/C15H19ClN2S/c1-3-15-18-10-13(19-15)9-17-11(2)8-12-6-4-5-7-14(12)16/h4-7,10-11,17H,3,8-9H2,1-2H3. The number of rotatable bonds is 6. The van der Waals surface area contributed by atoms with Crippen molar-refractivity contribution in [1.82, 2.24) is 10.3 Å². The summed E-state index contributed by atoms with van der Waals surface area (Å²) in [5, 5.41) is 5.58. The molecule has 1 aromatic carbocycles. The predicted molar refractivity (Wildman–Crippen MR) is 82.9 cm³/mol. The molecule has 1 heterocycles. The van der Waals surface area contributed by atoms with Crippen LogP contribution in [0, 0.1) is 0 Å². The number of hydrogen-bond acceptors (Lipinski definition) is 3. The molecule has 0 bridgehead atoms. The third-order valence-electron chi connectivity index (χ3n) is 3.01. The summed E-state index contributed by atoms with van der Waals surface area (Å²) in [6.45, 7) is 5.20. The fourth-order valence-electron chi connectivity index (χ4n) is 1.93. The first-order valence-electron chi connectivity index (χ1n) is 6.59. The van der Waals surface area contributed by atoms with Crippen LogP contribution in [0.3, 0.4) is 0 Å². The molecule has 0 saturated carbocycles. The lowest BCUT2D eigenvalue weighted by atomic mass is 10.1. The summed E-state index contributed by atoms with van der Waals surface area (Å²) in [6.07, 6.45) is 3.93. The Morgan fingerprint density at radius 3 is 2.84 bits per heavy atom. The van der Waals surface area contributed by atoms with Gasteiger partial charge in [-0.3, -0.25) is 0 Å². The SMILES string of the molecule is CCc1ncc(CNC(C)Cc2ccccc2Cl)s1. The first kappa shape index (κ1) is 14.5. The van der Waals surface area contributed by atoms with Crippen LogP contribution in [0.1, 0.15) is 29.3 Å². The van der Waals surface area contributed by atoms with Crippen LogP contribution in [-0.2, 0) is 19.4 Å². The maximum Gasteiger partial charge on any atom is 0.0925 e. The van der Waals surface area contributed by atoms with Crippen LogP contribution in [0.5, 0.6) is 0 Å². The quantitative estimate of drug-likeness (QED) is 0.868. The van der Waals surface area contributed by atoms with Crippen molar-refractivity contribution in [2.24, 2.45) is 0 Å². The van der Waals surface area contributed by atoms with Gasteiger partial charge in [0, 0.05) is 28.7 Å². The number of halogens is 1. The lowest BCUT2D eigenvalue weighted by molar-refractivity contribution is 0.548. The molecule has 0 saturated heterocycles. The lowest BCUT2D eigenvalue weighted by Gasteiger charge is -2.13. The van der Waals surface area contributed by atoms with Gasteiger partial charge >= 0.3 is 0 Å². The largest absolute Gasteiger partial charge is 0.309 e. The van der Waals surface area contributed by atoms with E-state index in [0.717, 1.165) is 24.4 Å². The third kappa shape index (κ3) is 4.30. The molecule has 0 amide bonds. The van der Waals surface area contributed by atoms with E-state index in [1.165, 1.54) is 15.4 Å². The van der Waals surface area contributed by atoms with Crippen molar-refractivity contribution in [2.75, 3.05) is 0 Å². The summed E-state index contributed by atoms with van der Waals surface area (Å²) in [7, 11) is 0. The van der Waals surface area contributed by atoms with Crippen LogP contribution in [0.15, 0.2) is 30.5 Å². The molecular formula is C15H19ClN2S. The van der Waals surface area contributed by atoms with E-state index in [2.05, 4.69) is 30.2 Å². The van der Waals surface area contributed by atoms with Gasteiger partial charge in [-0.05, 0) is 31.4 Å². The molecule has 0 aliphatic rings. The first-order chi connectivity index (χ1) is 9.19. The Balaban J connectivity index is 1.84. The summed E-state index contributed by atoms with van der Waals surface area (Å²) < 4.78 is 0. The minimum atomic E-state index is 0.395. The molecule has 2 aromatic rings. The Labute approximate surface area is 123 Å². The van der Waals surface area contributed by atoms with Crippen molar-refractivity contribution >= 4 is 22.9 Å². The first-order valence-corrected chi connectivity index (χ1v) is 7.79. The zero-order valence-electron chi connectivity index (χ0n) is 11.3. The van der Waals surface area contributed by atoms with E-state index in [0.29, 0.717) is 6.04 Å². The van der Waals surface area contributed by atoms with Crippen LogP contribution in [0.25, 0.3) is 0 Å². The Bertz CT molecular complexity index is 524. The van der Waals surface area contributed by atoms with Crippen LogP contribution in [-0.4, -0.2) is 11.0 Å². The number of nitrogens with one attached hydrogen (secondary N) is 1. The lowest BCUT2D eigenvalue weighted by Crippen LogP contribution is -2.27. The van der Waals surface area contributed by atoms with Crippen LogP contribution < -0.4 is 5.32 Å². The zero-order valence-corrected chi connectivity index (χ0v) is 12.9. The average Bonchev–Trinajstić information content (AvgIpc) is 2.87. The Morgan fingerprint density at radius 1 is 1.37 bits per heavy atom. The van der Waals surface area contributed by atoms with Crippen LogP contribution in [0.4, 0.5) is 0 Å². The molecule has 1 N–H and O–H groups in total. The van der Waals surface area contributed by atoms with Crippen LogP contribution in [0.2, 0.25) is 5.02 Å². The topological polar surface area (TPSA) is 24.9 Å². The van der Waals surface area contributed by atoms with Gasteiger partial charge in [-0.2, -0.15) is 0 Å². The van der Waals surface area contributed by atoms with Gasteiger partial charge < -0.3 is 5.32 Å². The van der Waals surface area contributed by atoms with Gasteiger partial charge in [0.05, 0.1) is 5.01 Å². The van der Waals surface area contributed by atoms with Crippen LogP contribution >= 0.6 is 22.9 Å². The maximum atomic E-state index is 6.17. The molecule has 1 aromatic heterocycles. The van der Waals surface area contributed by atoms with Gasteiger partial charge in [-0.15, -0.1) is 11.3 Å². The summed E-state index contributed by atoms with van der Waals surface area (Å²) in [5.74, 6) is 0. The van der Waals surface area contributed by atoms with E-state index >= 15 is 0 Å². The number of aromatic nitrogens is 1. The van der Waals surface area contributed by atoms with E-state index in [1.807, 2.05) is 24.4 Å². The predicted octanol–water partition coefficient (Wildman–Crippen LogP) is 4.08. The molecule has 0 radical (unpaired) electrons. The molecule has 19 heavy (non-hydrogen) atoms. The van der Waals surface area contributed by atoms with Crippen molar-refractivity contribution in [3.8, 4) is 0 Å². The fraction of sp³-hybridized carbons (Fsp3) is 0.400. The van der Waals surface area contributed by atoms with Gasteiger partial charge in [0.15, 0.2) is 0 Å². The highest BCUT2D eigenvalue weighted by molar-refractivity contribution is 7.11. The van der Waals surface area contributed by atoms with Gasteiger partial charge in [0.1, 0.15) is 0 Å². The molecule has 1 unspecified atom stereocenters. The second-order valence-corrected chi connectivity index (χ2v) is 6.26. The highest BCUT2D eigenvalue weighted by atomic mass is 35.5. The smallest absolute Gasteiger partial charge is 0.0925 e. The monoisotopic (exact) mass is 294 g/mol. The second kappa shape index (κ2) is 7.04. The second-order valence-electron chi connectivity index (χ2n) is 4.65. The number of aryl methyl sites for hydroxylation is 1. The minimum Gasteiger partial charge on any atom is -0.309 e. The average molecular weight is 295 g/mol. The third-order valence-corrected chi connectivity index (χ3v) is 4.52. The van der Waals surface area contributed by atoms with E-state index in [4.69, 9.17) is 11.6 Å². The van der Waals surface area contributed by atoms with E-state index in [1.54, 1.807) is 11.3 Å². The summed E-state index contributed by atoms with van der Waals surface area (Å²) in [4.78, 5) is 5.66. The van der Waals surface area contributed by atoms with Gasteiger partial charge in [0.25, 0.3) is 0 Å². The Hall–Kier alpha value is -0.900. The molecule has 0 aliphatic heterocycles. The van der Waals surface area contributed by atoms with Crippen molar-refractivity contribution in [3.63, 3.8) is 0 Å². The van der Waals surface area contributed by atoms with Crippen molar-refractivity contribution in [1.29, 1.82) is 0 Å². The number of benzene rings is 1. The molecule has 2 nitrogen and oxygen atoms in total. The molecule has 0 fully saturated rings.